The summed E-state index contributed by atoms with van der Waals surface area (Å²) in [4.78, 5) is 33.5. The maximum Gasteiger partial charge on any atom is 0.336 e. The van der Waals surface area contributed by atoms with Gasteiger partial charge in [0.2, 0.25) is 0 Å². The van der Waals surface area contributed by atoms with Gasteiger partial charge in [-0.3, -0.25) is 4.79 Å². The Morgan fingerprint density at radius 2 is 1.77 bits per heavy atom. The minimum atomic E-state index is -1.31. The van der Waals surface area contributed by atoms with E-state index in [9.17, 15) is 19.5 Å². The molecule has 0 fully saturated rings. The highest BCUT2D eigenvalue weighted by molar-refractivity contribution is 6.02. The Labute approximate surface area is 128 Å². The number of carboxylic acid groups (broad SMARTS) is 3. The van der Waals surface area contributed by atoms with Crippen LogP contribution in [0.1, 0.15) is 58.9 Å². The van der Waals surface area contributed by atoms with Gasteiger partial charge in [0, 0.05) is 6.42 Å². The molecule has 0 radical (unpaired) electrons. The number of hydrogen-bond donors (Lipinski definition) is 3. The van der Waals surface area contributed by atoms with Gasteiger partial charge in [-0.2, -0.15) is 0 Å². The third-order valence-corrected chi connectivity index (χ3v) is 3.53. The van der Waals surface area contributed by atoms with Crippen LogP contribution in [-0.4, -0.2) is 33.2 Å². The SMILES string of the molecule is CCCCC(CC(=O)O)Cc1cccc(C(=O)O)c1C(=O)O. The van der Waals surface area contributed by atoms with Gasteiger partial charge in [0.05, 0.1) is 11.1 Å². The zero-order chi connectivity index (χ0) is 16.7. The second-order valence-electron chi connectivity index (χ2n) is 5.26. The largest absolute Gasteiger partial charge is 0.481 e. The molecule has 0 saturated heterocycles. The van der Waals surface area contributed by atoms with E-state index < -0.39 is 17.9 Å². The van der Waals surface area contributed by atoms with E-state index in [1.165, 1.54) is 12.1 Å². The summed E-state index contributed by atoms with van der Waals surface area (Å²) in [7, 11) is 0. The standard InChI is InChI=1S/C16H20O6/c1-2-3-5-10(9-13(17)18)8-11-6-4-7-12(15(19)20)14(11)16(21)22/h4,6-7,10H,2-3,5,8-9H2,1H3,(H,17,18)(H,19,20)(H,21,22). The van der Waals surface area contributed by atoms with Crippen LogP contribution in [0.3, 0.4) is 0 Å². The first-order valence-corrected chi connectivity index (χ1v) is 7.17. The topological polar surface area (TPSA) is 112 Å². The molecule has 0 spiro atoms. The van der Waals surface area contributed by atoms with Crippen LogP contribution in [0.2, 0.25) is 0 Å². The first kappa shape index (κ1) is 17.7. The lowest BCUT2D eigenvalue weighted by molar-refractivity contribution is -0.138. The van der Waals surface area contributed by atoms with E-state index in [2.05, 4.69) is 0 Å². The van der Waals surface area contributed by atoms with E-state index in [-0.39, 0.29) is 29.9 Å². The van der Waals surface area contributed by atoms with Crippen LogP contribution < -0.4 is 0 Å². The van der Waals surface area contributed by atoms with Crippen LogP contribution in [0.5, 0.6) is 0 Å². The van der Waals surface area contributed by atoms with Crippen LogP contribution in [-0.2, 0) is 11.2 Å². The van der Waals surface area contributed by atoms with Gasteiger partial charge in [0.25, 0.3) is 0 Å². The van der Waals surface area contributed by atoms with E-state index in [1.807, 2.05) is 6.92 Å². The molecule has 1 aromatic rings. The fourth-order valence-corrected chi connectivity index (χ4v) is 2.53. The van der Waals surface area contributed by atoms with Gasteiger partial charge in [0.1, 0.15) is 0 Å². The highest BCUT2D eigenvalue weighted by Crippen LogP contribution is 2.23. The second kappa shape index (κ2) is 8.17. The molecule has 0 bridgehead atoms. The van der Waals surface area contributed by atoms with Crippen molar-refractivity contribution < 1.29 is 29.7 Å². The third kappa shape index (κ3) is 4.87. The summed E-state index contributed by atoms with van der Waals surface area (Å²) >= 11 is 0. The van der Waals surface area contributed by atoms with Crippen molar-refractivity contribution in [1.29, 1.82) is 0 Å². The second-order valence-corrected chi connectivity index (χ2v) is 5.26. The quantitative estimate of drug-likeness (QED) is 0.646. The Bertz CT molecular complexity index is 564. The Hall–Kier alpha value is -2.37. The Balaban J connectivity index is 3.12. The highest BCUT2D eigenvalue weighted by Gasteiger charge is 2.22. The zero-order valence-electron chi connectivity index (χ0n) is 12.4. The Morgan fingerprint density at radius 1 is 1.09 bits per heavy atom. The van der Waals surface area contributed by atoms with Crippen molar-refractivity contribution in [2.24, 2.45) is 5.92 Å². The van der Waals surface area contributed by atoms with Gasteiger partial charge < -0.3 is 15.3 Å². The van der Waals surface area contributed by atoms with Crippen molar-refractivity contribution in [2.75, 3.05) is 0 Å². The van der Waals surface area contributed by atoms with Gasteiger partial charge in [-0.15, -0.1) is 0 Å². The molecular weight excluding hydrogens is 288 g/mol. The van der Waals surface area contributed by atoms with Crippen LogP contribution in [0, 0.1) is 5.92 Å². The molecule has 0 amide bonds. The first-order chi connectivity index (χ1) is 10.4. The van der Waals surface area contributed by atoms with Crippen molar-refractivity contribution in [2.45, 2.75) is 39.0 Å². The molecule has 1 rings (SSSR count). The molecular formula is C16H20O6. The number of benzene rings is 1. The predicted octanol–water partition coefficient (Wildman–Crippen LogP) is 2.91. The van der Waals surface area contributed by atoms with Crippen LogP contribution in [0.25, 0.3) is 0 Å². The fourth-order valence-electron chi connectivity index (χ4n) is 2.53. The lowest BCUT2D eigenvalue weighted by atomic mass is 9.88. The van der Waals surface area contributed by atoms with Crippen molar-refractivity contribution in [3.05, 3.63) is 34.9 Å². The number of rotatable bonds is 9. The molecule has 0 aliphatic heterocycles. The number of hydrogen-bond acceptors (Lipinski definition) is 3. The molecule has 0 aromatic heterocycles. The number of carbonyl (C=O) groups is 3. The van der Waals surface area contributed by atoms with Gasteiger partial charge in [-0.25, -0.2) is 9.59 Å². The van der Waals surface area contributed by atoms with Crippen molar-refractivity contribution in [1.82, 2.24) is 0 Å². The monoisotopic (exact) mass is 308 g/mol. The van der Waals surface area contributed by atoms with Crippen LogP contribution in [0.15, 0.2) is 18.2 Å². The summed E-state index contributed by atoms with van der Waals surface area (Å²) in [5, 5.41) is 27.4. The first-order valence-electron chi connectivity index (χ1n) is 7.17. The summed E-state index contributed by atoms with van der Waals surface area (Å²) in [5.41, 5.74) is -0.147. The molecule has 6 heteroatoms. The zero-order valence-corrected chi connectivity index (χ0v) is 12.4. The molecule has 3 N–H and O–H groups in total. The molecule has 6 nitrogen and oxygen atoms in total. The molecule has 0 saturated carbocycles. The normalized spacial score (nSPS) is 11.9. The molecule has 1 aromatic carbocycles. The average molecular weight is 308 g/mol. The predicted molar refractivity (Wildman–Crippen MR) is 79.3 cm³/mol. The van der Waals surface area contributed by atoms with Crippen molar-refractivity contribution in [3.8, 4) is 0 Å². The fraction of sp³-hybridized carbons (Fsp3) is 0.438. The van der Waals surface area contributed by atoms with Crippen molar-refractivity contribution >= 4 is 17.9 Å². The van der Waals surface area contributed by atoms with E-state index in [1.54, 1.807) is 6.07 Å². The average Bonchev–Trinajstić information content (AvgIpc) is 2.43. The van der Waals surface area contributed by atoms with Gasteiger partial charge in [-0.05, 0) is 30.4 Å². The summed E-state index contributed by atoms with van der Waals surface area (Å²) in [5.74, 6) is -3.76. The summed E-state index contributed by atoms with van der Waals surface area (Å²) < 4.78 is 0. The maximum absolute atomic E-state index is 11.4. The van der Waals surface area contributed by atoms with E-state index in [0.717, 1.165) is 12.8 Å². The lowest BCUT2D eigenvalue weighted by Gasteiger charge is -2.17. The number of aliphatic carboxylic acids is 1. The van der Waals surface area contributed by atoms with Crippen LogP contribution in [0.4, 0.5) is 0 Å². The molecule has 1 unspecified atom stereocenters. The smallest absolute Gasteiger partial charge is 0.336 e. The Kier molecular flexibility index (Phi) is 6.56. The molecule has 1 atom stereocenters. The van der Waals surface area contributed by atoms with Crippen molar-refractivity contribution in [3.63, 3.8) is 0 Å². The minimum Gasteiger partial charge on any atom is -0.481 e. The van der Waals surface area contributed by atoms with E-state index >= 15 is 0 Å². The minimum absolute atomic E-state index is 0.0592. The molecule has 0 aliphatic rings. The van der Waals surface area contributed by atoms with E-state index in [4.69, 9.17) is 10.2 Å². The van der Waals surface area contributed by atoms with E-state index in [0.29, 0.717) is 12.0 Å². The summed E-state index contributed by atoms with van der Waals surface area (Å²) in [6.45, 7) is 1.99. The highest BCUT2D eigenvalue weighted by atomic mass is 16.4. The van der Waals surface area contributed by atoms with Crippen LogP contribution >= 0.6 is 0 Å². The maximum atomic E-state index is 11.4. The summed E-state index contributed by atoms with van der Waals surface area (Å²) in [6, 6.07) is 4.28. The lowest BCUT2D eigenvalue weighted by Crippen LogP contribution is -2.16. The number of aromatic carboxylic acids is 2. The van der Waals surface area contributed by atoms with Gasteiger partial charge in [0.15, 0.2) is 0 Å². The summed E-state index contributed by atoms with van der Waals surface area (Å²) in [6.07, 6.45) is 2.61. The Morgan fingerprint density at radius 3 is 2.27 bits per heavy atom. The molecule has 22 heavy (non-hydrogen) atoms. The molecule has 0 heterocycles. The number of carboxylic acids is 3. The number of unbranched alkanes of at least 4 members (excludes halogenated alkanes) is 1. The molecule has 120 valence electrons. The van der Waals surface area contributed by atoms with Gasteiger partial charge in [-0.1, -0.05) is 31.9 Å². The van der Waals surface area contributed by atoms with Gasteiger partial charge >= 0.3 is 17.9 Å². The third-order valence-electron chi connectivity index (χ3n) is 3.53. The molecule has 0 aliphatic carbocycles.